The summed E-state index contributed by atoms with van der Waals surface area (Å²) in [6.07, 6.45) is 17.8. The lowest BCUT2D eigenvalue weighted by Gasteiger charge is -2.20. The number of halogens is 1. The van der Waals surface area contributed by atoms with Gasteiger partial charge >= 0.3 is 35.8 Å². The van der Waals surface area contributed by atoms with Crippen LogP contribution in [0.15, 0.2) is 177 Å². The Morgan fingerprint density at radius 3 is 0.963 bits per heavy atom. The number of fused-ring (bicyclic) bond motifs is 5. The molecule has 0 unspecified atom stereocenters. The molecule has 0 aliphatic rings. The van der Waals surface area contributed by atoms with Crippen LogP contribution in [0.2, 0.25) is 0 Å². The Morgan fingerprint density at radius 2 is 0.664 bits per heavy atom. The molecule has 722 valence electrons. The van der Waals surface area contributed by atoms with E-state index in [-0.39, 0.29) is 67.3 Å². The maximum atomic E-state index is 12.6. The number of aromatic nitrogens is 5. The molecule has 5 heterocycles. The number of ether oxygens (including phenoxy) is 7. The molecular weight excluding hydrogens is 1860 g/mol. The van der Waals surface area contributed by atoms with Crippen LogP contribution < -0.4 is 52.2 Å². The molecule has 39 nitrogen and oxygen atoms in total. The molecule has 10 aromatic rings. The lowest BCUT2D eigenvalue weighted by atomic mass is 10.0. The molecule has 9 N–H and O–H groups in total. The van der Waals surface area contributed by atoms with Gasteiger partial charge in [0.15, 0.2) is 0 Å². The van der Waals surface area contributed by atoms with E-state index in [1.165, 1.54) is 37.1 Å². The number of nitriles is 2. The van der Waals surface area contributed by atoms with Gasteiger partial charge in [-0.15, -0.1) is 6.58 Å². The monoisotopic (exact) mass is 1970 g/mol. The minimum atomic E-state index is -1.25. The number of carbonyl (C=O) groups is 6. The zero-order valence-electron chi connectivity index (χ0n) is 76.6. The van der Waals surface area contributed by atoms with Gasteiger partial charge in [0.25, 0.3) is 0 Å². The van der Waals surface area contributed by atoms with Crippen molar-refractivity contribution in [1.29, 1.82) is 10.5 Å². The summed E-state index contributed by atoms with van der Waals surface area (Å²) >= 11 is 2.09. The molecule has 0 spiro atoms. The topological polar surface area (TPSA) is 523 Å². The van der Waals surface area contributed by atoms with E-state index < -0.39 is 63.0 Å². The Labute approximate surface area is 785 Å². The Hall–Kier alpha value is -13.5. The summed E-state index contributed by atoms with van der Waals surface area (Å²) in [5.74, 6) is -7.09. The van der Waals surface area contributed by atoms with Crippen molar-refractivity contribution in [2.24, 2.45) is 0 Å². The van der Waals surface area contributed by atoms with Crippen LogP contribution in [0.5, 0.6) is 0 Å². The Balaban J connectivity index is 0.000000342. The zero-order chi connectivity index (χ0) is 99.7. The maximum absolute atomic E-state index is 12.6. The molecule has 0 aliphatic carbocycles. The third-order valence-electron chi connectivity index (χ3n) is 18.8. The van der Waals surface area contributed by atoms with E-state index in [0.29, 0.717) is 159 Å². The van der Waals surface area contributed by atoms with Crippen LogP contribution in [0.1, 0.15) is 106 Å². The zero-order valence-corrected chi connectivity index (χ0v) is 78.7. The van der Waals surface area contributed by atoms with Crippen molar-refractivity contribution in [3.8, 4) is 12.1 Å². The first kappa shape index (κ1) is 113. The lowest BCUT2D eigenvalue weighted by molar-refractivity contribution is -0.138. The quantitative estimate of drug-likeness (QED) is 0.00785. The van der Waals surface area contributed by atoms with Crippen LogP contribution >= 0.6 is 22.6 Å². The van der Waals surface area contributed by atoms with Gasteiger partial charge in [0, 0.05) is 158 Å². The standard InChI is InChI=1S/C20H25N3O5.C20H26N2O7.C17H22N2O5.C17H20N2O5.C12H11IN2O3.C5H10O2.C3H3N/c1-22(2)23-14-17(20(25)26)19(24)16-13-15(6-7-18(16)23)5-3-9-27-11-12-28-10-4-8-21;1-21(2)22-13-16(20(26)27)19(25)15-12-14(5-6-17(15)22)4-3-8-28-10-11-29-9-7-18(23)24;2*1-18(2)19-11-14(17(22)23)16(21)13-10-12(5-6-15(13)19)4-3-8-24-9-7-20;1-14(2)15-6-9(12(17)18)11(16)8-5-7(13)3-4-10(8)15;1-2-4-7-5-3-6;1-2-3-4/h6-7,13-14H,3-5,9-12H2,1-2H3,(H,25,26);5-6,12-13H,3-4,7-11H2,1-2H3,(H,23,24)(H,26,27);5-6,10-11,20H,3-4,7-9H2,1-2H3,(H,22,23);3-6,10-11,20H,7-9H2,1-2H3,(H,22,23);3-6H,1-2H3,(H,17,18);2,6H,1,3-5H2;2H,1H2/b;;;4-3+;;;. The van der Waals surface area contributed by atoms with Crippen LogP contribution in [0.25, 0.3) is 60.6 Å². The second-order valence-corrected chi connectivity index (χ2v) is 30.9. The van der Waals surface area contributed by atoms with E-state index in [2.05, 4.69) is 35.7 Å². The number of aliphatic hydroxyl groups excluding tert-OH is 3. The van der Waals surface area contributed by atoms with Crippen LogP contribution in [0, 0.1) is 26.2 Å². The van der Waals surface area contributed by atoms with Gasteiger partial charge in [-0.25, -0.2) is 24.0 Å². The summed E-state index contributed by atoms with van der Waals surface area (Å²) in [7, 11) is 17.8. The minimum Gasteiger partial charge on any atom is -0.481 e. The summed E-state index contributed by atoms with van der Waals surface area (Å²) in [4.78, 5) is 129. The minimum absolute atomic E-state index is 0.00197. The molecule has 0 saturated heterocycles. The number of aryl methyl sites for hydroxylation is 3. The second kappa shape index (κ2) is 59.8. The lowest BCUT2D eigenvalue weighted by Crippen LogP contribution is -2.29. The number of carboxylic acids is 6. The highest BCUT2D eigenvalue weighted by molar-refractivity contribution is 14.1. The molecule has 0 aliphatic heterocycles. The van der Waals surface area contributed by atoms with Gasteiger partial charge in [0.2, 0.25) is 27.1 Å². The highest BCUT2D eigenvalue weighted by Gasteiger charge is 2.22. The summed E-state index contributed by atoms with van der Waals surface area (Å²) < 4.78 is 45.5. The van der Waals surface area contributed by atoms with Crippen molar-refractivity contribution in [1.82, 2.24) is 23.4 Å². The van der Waals surface area contributed by atoms with E-state index in [1.54, 1.807) is 180 Å². The summed E-state index contributed by atoms with van der Waals surface area (Å²) in [6, 6.07) is 30.9. The number of carboxylic acid groups (broad SMARTS) is 6. The average molecular weight is 1970 g/mol. The summed E-state index contributed by atoms with van der Waals surface area (Å²) in [6.45, 7) is 12.3. The first-order chi connectivity index (χ1) is 63.9. The Kier molecular flexibility index (Phi) is 50.4. The third kappa shape index (κ3) is 35.9. The average Bonchev–Trinajstić information content (AvgIpc) is 0.813. The molecule has 134 heavy (non-hydrogen) atoms. The number of pyridine rings is 5. The number of aromatic carboxylic acids is 5. The highest BCUT2D eigenvalue weighted by Crippen LogP contribution is 2.22. The fraction of sp³-hybridized carbons (Fsp3) is 0.372. The van der Waals surface area contributed by atoms with E-state index >= 15 is 0 Å². The van der Waals surface area contributed by atoms with Crippen LogP contribution in [0.4, 0.5) is 0 Å². The van der Waals surface area contributed by atoms with E-state index in [9.17, 15) is 73.2 Å². The third-order valence-corrected chi connectivity index (χ3v) is 19.5. The number of aliphatic carboxylic acids is 1. The van der Waals surface area contributed by atoms with Gasteiger partial charge in [-0.05, 0) is 150 Å². The molecule has 0 radical (unpaired) electrons. The van der Waals surface area contributed by atoms with Crippen molar-refractivity contribution in [3.63, 3.8) is 0 Å². The second-order valence-electron chi connectivity index (χ2n) is 29.6. The Bertz CT molecular complexity index is 6070. The van der Waals surface area contributed by atoms with Crippen molar-refractivity contribution in [3.05, 3.63) is 258 Å². The van der Waals surface area contributed by atoms with E-state index in [1.807, 2.05) is 60.7 Å². The van der Waals surface area contributed by atoms with Crippen LogP contribution in [-0.2, 0) is 57.2 Å². The predicted molar refractivity (Wildman–Crippen MR) is 518 cm³/mol. The number of hydrogen-bond donors (Lipinski definition) is 9. The first-order valence-corrected chi connectivity index (χ1v) is 42.9. The molecule has 10 rings (SSSR count). The van der Waals surface area contributed by atoms with Gasteiger partial charge < -0.3 is 104 Å². The van der Waals surface area contributed by atoms with Crippen molar-refractivity contribution in [2.45, 2.75) is 51.4 Å². The normalized spacial score (nSPS) is 10.6. The summed E-state index contributed by atoms with van der Waals surface area (Å²) in [5.41, 5.74) is 3.18. The smallest absolute Gasteiger partial charge is 0.341 e. The first-order valence-electron chi connectivity index (χ1n) is 41.8. The molecule has 5 aromatic carbocycles. The van der Waals surface area contributed by atoms with Gasteiger partial charge in [-0.2, -0.15) is 10.5 Å². The molecule has 0 saturated carbocycles. The number of benzene rings is 5. The largest absolute Gasteiger partial charge is 0.481 e. The maximum Gasteiger partial charge on any atom is 0.341 e. The van der Waals surface area contributed by atoms with Crippen molar-refractivity contribution in [2.75, 3.05) is 208 Å². The fourth-order valence-electron chi connectivity index (χ4n) is 12.5. The SMILES string of the molecule is C=CC#N.C=CCOCCO.CN(C)n1cc(C(=O)O)c(=O)c2cc(/C=C/COCCO)ccc21.CN(C)n1cc(C(=O)O)c(=O)c2cc(CCCOCCO)ccc21.CN(C)n1cc(C(=O)O)c(=O)c2cc(CCCOCCOCCC#N)ccc21.CN(C)n1cc(C(=O)O)c(=O)c2cc(CCCOCCOCCC(=O)O)ccc21.CN(C)n1cc(C(=O)O)c(=O)c2cc(I)ccc21. The molecule has 5 aromatic heterocycles. The summed E-state index contributed by atoms with van der Waals surface area (Å²) in [5, 5.41) is 106. The van der Waals surface area contributed by atoms with Gasteiger partial charge in [0.05, 0.1) is 145 Å². The van der Waals surface area contributed by atoms with Crippen molar-refractivity contribution < 1.29 is 108 Å². The van der Waals surface area contributed by atoms with Gasteiger partial charge in [0.1, 0.15) is 27.8 Å². The molecule has 0 atom stereocenters. The van der Waals surface area contributed by atoms with E-state index in [0.717, 1.165) is 45.1 Å². The molecule has 0 fully saturated rings. The number of allylic oxidation sites excluding steroid dienone is 1. The number of nitrogens with zero attached hydrogens (tertiary/aromatic N) is 12. The van der Waals surface area contributed by atoms with Gasteiger partial charge in [-0.3, -0.25) is 52.1 Å². The molecule has 0 amide bonds. The van der Waals surface area contributed by atoms with E-state index in [4.69, 9.17) is 69.2 Å². The number of hydrogen-bond acceptors (Lipinski definition) is 28. The fourth-order valence-corrected chi connectivity index (χ4v) is 13.0. The molecule has 0 bridgehead atoms. The Morgan fingerprint density at radius 1 is 0.381 bits per heavy atom. The predicted octanol–water partition coefficient (Wildman–Crippen LogP) is 7.25. The van der Waals surface area contributed by atoms with Gasteiger partial charge in [-0.1, -0.05) is 49.1 Å². The number of rotatable bonds is 44. The van der Waals surface area contributed by atoms with Crippen LogP contribution in [0.3, 0.4) is 0 Å². The molecule has 40 heteroatoms. The van der Waals surface area contributed by atoms with Crippen molar-refractivity contribution >= 4 is 119 Å². The number of aliphatic hydroxyl groups is 3. The molecular formula is C94H117IN12O27. The van der Waals surface area contributed by atoms with Crippen LogP contribution in [-0.4, -0.2) is 288 Å². The highest BCUT2D eigenvalue weighted by atomic mass is 127.